The first-order chi connectivity index (χ1) is 10.2. The number of hydrogen-bond donors (Lipinski definition) is 1. The quantitative estimate of drug-likeness (QED) is 0.827. The van der Waals surface area contributed by atoms with Gasteiger partial charge in [-0.2, -0.15) is 0 Å². The predicted octanol–water partition coefficient (Wildman–Crippen LogP) is 0.792. The number of ether oxygens (including phenoxy) is 1. The maximum Gasteiger partial charge on any atom is 0.410 e. The molecule has 0 spiro atoms. The van der Waals surface area contributed by atoms with E-state index in [0.29, 0.717) is 32.0 Å². The lowest BCUT2D eigenvalue weighted by atomic mass is 10.2. The summed E-state index contributed by atoms with van der Waals surface area (Å²) in [6.45, 7) is 8.06. The zero-order chi connectivity index (χ0) is 16.3. The number of carbonyl (C=O) groups excluding carboxylic acids is 2. The Bertz CT molecular complexity index is 546. The van der Waals surface area contributed by atoms with Crippen LogP contribution in [0, 0.1) is 0 Å². The minimum absolute atomic E-state index is 0.0913. The summed E-state index contributed by atoms with van der Waals surface area (Å²) in [7, 11) is 0. The number of nitrogens with zero attached hydrogens (tertiary/aromatic N) is 5. The standard InChI is InChI=1S/C13H21N5O3S/c1-13(2,3)21-12(20)17-6-4-16(5-7-17)10-8-18(15-14-10)9-11(19)22/h8H,4-7,9H2,1-3H3,(H,19,22). The summed E-state index contributed by atoms with van der Waals surface area (Å²) < 4.78 is 6.81. The summed E-state index contributed by atoms with van der Waals surface area (Å²) in [4.78, 5) is 26.6. The molecule has 0 saturated carbocycles. The molecule has 0 aromatic carbocycles. The zero-order valence-corrected chi connectivity index (χ0v) is 13.9. The van der Waals surface area contributed by atoms with Crippen LogP contribution in [0.4, 0.5) is 10.6 Å². The summed E-state index contributed by atoms with van der Waals surface area (Å²) in [6.07, 6.45) is 1.41. The fraction of sp³-hybridized carbons (Fsp3) is 0.692. The van der Waals surface area contributed by atoms with E-state index in [0.717, 1.165) is 0 Å². The Morgan fingerprint density at radius 2 is 1.91 bits per heavy atom. The highest BCUT2D eigenvalue weighted by Gasteiger charge is 2.26. The molecule has 1 amide bonds. The summed E-state index contributed by atoms with van der Waals surface area (Å²) >= 11 is 3.71. The van der Waals surface area contributed by atoms with E-state index in [1.807, 2.05) is 25.7 Å². The fourth-order valence-corrected chi connectivity index (χ4v) is 2.24. The van der Waals surface area contributed by atoms with Crippen LogP contribution in [0.1, 0.15) is 20.8 Å². The van der Waals surface area contributed by atoms with Crippen LogP contribution in [-0.2, 0) is 16.1 Å². The van der Waals surface area contributed by atoms with Crippen molar-refractivity contribution in [1.82, 2.24) is 19.9 Å². The van der Waals surface area contributed by atoms with Crippen LogP contribution in [0.15, 0.2) is 6.20 Å². The summed E-state index contributed by atoms with van der Waals surface area (Å²) in [5, 5.41) is 7.65. The highest BCUT2D eigenvalue weighted by molar-refractivity contribution is 7.96. The van der Waals surface area contributed by atoms with E-state index in [4.69, 9.17) is 4.74 Å². The zero-order valence-electron chi connectivity index (χ0n) is 13.0. The van der Waals surface area contributed by atoms with E-state index in [9.17, 15) is 9.59 Å². The van der Waals surface area contributed by atoms with Crippen molar-refractivity contribution in [1.29, 1.82) is 0 Å². The van der Waals surface area contributed by atoms with Crippen molar-refractivity contribution in [3.8, 4) is 0 Å². The number of hydrogen-bond acceptors (Lipinski definition) is 6. The molecule has 0 unspecified atom stereocenters. The van der Waals surface area contributed by atoms with Gasteiger partial charge in [0, 0.05) is 26.2 Å². The number of amides is 1. The molecule has 1 aromatic rings. The van der Waals surface area contributed by atoms with Gasteiger partial charge in [0.25, 0.3) is 0 Å². The number of rotatable bonds is 3. The molecule has 1 saturated heterocycles. The van der Waals surface area contributed by atoms with Crippen LogP contribution in [0.25, 0.3) is 0 Å². The van der Waals surface area contributed by atoms with E-state index >= 15 is 0 Å². The highest BCUT2D eigenvalue weighted by atomic mass is 32.1. The Balaban J connectivity index is 1.88. The molecule has 1 aliphatic heterocycles. The van der Waals surface area contributed by atoms with Gasteiger partial charge in [0.15, 0.2) is 5.82 Å². The third-order valence-corrected chi connectivity index (χ3v) is 3.22. The van der Waals surface area contributed by atoms with Crippen molar-refractivity contribution in [3.05, 3.63) is 6.20 Å². The summed E-state index contributed by atoms with van der Waals surface area (Å²) in [5.74, 6) is 0.693. The Morgan fingerprint density at radius 1 is 1.27 bits per heavy atom. The highest BCUT2D eigenvalue weighted by Crippen LogP contribution is 2.15. The molecule has 0 atom stereocenters. The second-order valence-electron chi connectivity index (χ2n) is 6.12. The minimum atomic E-state index is -0.490. The van der Waals surface area contributed by atoms with Gasteiger partial charge in [-0.1, -0.05) is 5.21 Å². The van der Waals surface area contributed by atoms with Crippen molar-refractivity contribution in [3.63, 3.8) is 0 Å². The van der Waals surface area contributed by atoms with E-state index in [2.05, 4.69) is 22.9 Å². The Morgan fingerprint density at radius 3 is 2.45 bits per heavy atom. The van der Waals surface area contributed by atoms with Gasteiger partial charge >= 0.3 is 6.09 Å². The van der Waals surface area contributed by atoms with Gasteiger partial charge in [0.1, 0.15) is 12.1 Å². The van der Waals surface area contributed by atoms with Crippen LogP contribution in [-0.4, -0.2) is 62.9 Å². The molecule has 0 radical (unpaired) electrons. The van der Waals surface area contributed by atoms with Crippen molar-refractivity contribution in [2.24, 2.45) is 0 Å². The second-order valence-corrected chi connectivity index (χ2v) is 6.62. The van der Waals surface area contributed by atoms with Gasteiger partial charge in [-0.15, -0.1) is 17.7 Å². The number of piperazine rings is 1. The Labute approximate surface area is 134 Å². The fourth-order valence-electron chi connectivity index (χ4n) is 2.09. The molecule has 2 heterocycles. The summed E-state index contributed by atoms with van der Waals surface area (Å²) in [5.41, 5.74) is -0.490. The minimum Gasteiger partial charge on any atom is -0.444 e. The molecule has 0 bridgehead atoms. The number of thiol groups is 1. The number of aromatic nitrogens is 3. The van der Waals surface area contributed by atoms with Gasteiger partial charge < -0.3 is 14.5 Å². The van der Waals surface area contributed by atoms with Crippen molar-refractivity contribution in [2.75, 3.05) is 31.1 Å². The summed E-state index contributed by atoms with van der Waals surface area (Å²) in [6, 6.07) is 0. The number of anilines is 1. The van der Waals surface area contributed by atoms with E-state index in [-0.39, 0.29) is 17.8 Å². The third-order valence-electron chi connectivity index (χ3n) is 3.08. The smallest absolute Gasteiger partial charge is 0.410 e. The maximum absolute atomic E-state index is 12.0. The predicted molar refractivity (Wildman–Crippen MR) is 84.0 cm³/mol. The Hall–Kier alpha value is -1.77. The van der Waals surface area contributed by atoms with Gasteiger partial charge in [-0.25, -0.2) is 9.48 Å². The SMILES string of the molecule is CC(C)(C)OC(=O)N1CCN(c2cn(CC(=O)S)nn2)CC1. The molecule has 9 heteroatoms. The first-order valence-corrected chi connectivity index (χ1v) is 7.54. The van der Waals surface area contributed by atoms with Crippen LogP contribution in [0.5, 0.6) is 0 Å². The van der Waals surface area contributed by atoms with Gasteiger partial charge in [-0.05, 0) is 20.8 Å². The number of carbonyl (C=O) groups is 2. The van der Waals surface area contributed by atoms with Crippen LogP contribution >= 0.6 is 12.6 Å². The van der Waals surface area contributed by atoms with Gasteiger partial charge in [0.2, 0.25) is 5.12 Å². The van der Waals surface area contributed by atoms with Crippen molar-refractivity contribution in [2.45, 2.75) is 32.9 Å². The molecule has 1 aliphatic rings. The van der Waals surface area contributed by atoms with Crippen LogP contribution in [0.3, 0.4) is 0 Å². The van der Waals surface area contributed by atoms with E-state index < -0.39 is 5.60 Å². The topological polar surface area (TPSA) is 80.6 Å². The molecular formula is C13H21N5O3S. The largest absolute Gasteiger partial charge is 0.444 e. The maximum atomic E-state index is 12.0. The van der Waals surface area contributed by atoms with Gasteiger partial charge in [0.05, 0.1) is 6.20 Å². The van der Waals surface area contributed by atoms with Crippen LogP contribution < -0.4 is 4.90 Å². The monoisotopic (exact) mass is 327 g/mol. The molecule has 0 aliphatic carbocycles. The Kier molecular flexibility index (Phi) is 4.94. The molecular weight excluding hydrogens is 306 g/mol. The van der Waals surface area contributed by atoms with Crippen molar-refractivity contribution < 1.29 is 14.3 Å². The lowest BCUT2D eigenvalue weighted by Gasteiger charge is -2.35. The normalized spacial score (nSPS) is 15.8. The van der Waals surface area contributed by atoms with Gasteiger partial charge in [-0.3, -0.25) is 4.79 Å². The lowest BCUT2D eigenvalue weighted by Crippen LogP contribution is -2.50. The average Bonchev–Trinajstić information content (AvgIpc) is 2.84. The average molecular weight is 327 g/mol. The molecule has 22 heavy (non-hydrogen) atoms. The molecule has 2 rings (SSSR count). The molecule has 8 nitrogen and oxygen atoms in total. The van der Waals surface area contributed by atoms with Crippen molar-refractivity contribution >= 4 is 29.7 Å². The van der Waals surface area contributed by atoms with E-state index in [1.165, 1.54) is 4.68 Å². The van der Waals surface area contributed by atoms with E-state index in [1.54, 1.807) is 11.1 Å². The second kappa shape index (κ2) is 6.55. The van der Waals surface area contributed by atoms with Crippen LogP contribution in [0.2, 0.25) is 0 Å². The first-order valence-electron chi connectivity index (χ1n) is 7.09. The lowest BCUT2D eigenvalue weighted by molar-refractivity contribution is -0.111. The molecule has 1 fully saturated rings. The third kappa shape index (κ3) is 4.62. The molecule has 122 valence electrons. The molecule has 0 N–H and O–H groups in total. The molecule has 1 aromatic heterocycles. The first kappa shape index (κ1) is 16.6.